The molecule has 1 aromatic heterocycles. The number of rotatable bonds is 4. The van der Waals surface area contributed by atoms with Gasteiger partial charge in [-0.1, -0.05) is 6.07 Å². The number of nitrogens with one attached hydrogen (secondary N) is 1. The fourth-order valence-corrected chi connectivity index (χ4v) is 3.53. The Hall–Kier alpha value is -1.66. The van der Waals surface area contributed by atoms with Gasteiger partial charge in [0.05, 0.1) is 11.7 Å². The molecule has 0 bridgehead atoms. The van der Waals surface area contributed by atoms with Crippen LogP contribution in [-0.2, 0) is 4.74 Å². The molecular formula is C19H30N4O2. The minimum absolute atomic E-state index is 0.0900. The molecule has 3 rings (SSSR count). The maximum absolute atomic E-state index is 12.5. The van der Waals surface area contributed by atoms with Gasteiger partial charge in [0.25, 0.3) is 5.91 Å². The Bertz CT molecular complexity index is 597. The van der Waals surface area contributed by atoms with Gasteiger partial charge in [-0.15, -0.1) is 0 Å². The molecule has 1 N–H and O–H groups in total. The lowest BCUT2D eigenvalue weighted by molar-refractivity contribution is -0.104. The lowest BCUT2D eigenvalue weighted by Gasteiger charge is -2.36. The number of piperazine rings is 1. The molecule has 2 saturated heterocycles. The summed E-state index contributed by atoms with van der Waals surface area (Å²) >= 11 is 0. The number of nitrogens with zero attached hydrogens (tertiary/aromatic N) is 3. The molecular weight excluding hydrogens is 316 g/mol. The average molecular weight is 346 g/mol. The highest BCUT2D eigenvalue weighted by Gasteiger charge is 2.28. The quantitative estimate of drug-likeness (QED) is 0.902. The first-order valence-electron chi connectivity index (χ1n) is 9.29. The number of anilines is 1. The monoisotopic (exact) mass is 346 g/mol. The summed E-state index contributed by atoms with van der Waals surface area (Å²) in [5.41, 5.74) is 0.388. The van der Waals surface area contributed by atoms with Crippen LogP contribution < -0.4 is 10.2 Å². The summed E-state index contributed by atoms with van der Waals surface area (Å²) in [6.07, 6.45) is 3.31. The maximum Gasteiger partial charge on any atom is 0.270 e. The van der Waals surface area contributed by atoms with Crippen molar-refractivity contribution in [2.24, 2.45) is 0 Å². The van der Waals surface area contributed by atoms with Crippen molar-refractivity contribution >= 4 is 11.7 Å². The van der Waals surface area contributed by atoms with Crippen molar-refractivity contribution in [3.05, 3.63) is 23.9 Å². The maximum atomic E-state index is 12.5. The number of pyridine rings is 1. The van der Waals surface area contributed by atoms with Crippen molar-refractivity contribution in [3.63, 3.8) is 0 Å². The number of amides is 1. The van der Waals surface area contributed by atoms with E-state index in [-0.39, 0.29) is 17.6 Å². The SMILES string of the molecule is CN1CCN(c2cccc(C(=O)NCC3CCCC(C)(C)O3)n2)CC1. The third-order valence-electron chi connectivity index (χ3n) is 5.08. The van der Waals surface area contributed by atoms with E-state index in [0.717, 1.165) is 51.3 Å². The molecule has 2 aliphatic heterocycles. The zero-order chi connectivity index (χ0) is 17.9. The van der Waals surface area contributed by atoms with E-state index < -0.39 is 0 Å². The van der Waals surface area contributed by atoms with Crippen molar-refractivity contribution in [1.82, 2.24) is 15.2 Å². The first-order valence-corrected chi connectivity index (χ1v) is 9.29. The number of aromatic nitrogens is 1. The van der Waals surface area contributed by atoms with E-state index >= 15 is 0 Å². The second kappa shape index (κ2) is 7.70. The third-order valence-corrected chi connectivity index (χ3v) is 5.08. The van der Waals surface area contributed by atoms with Crippen molar-refractivity contribution in [3.8, 4) is 0 Å². The van der Waals surface area contributed by atoms with Gasteiger partial charge in [-0.25, -0.2) is 4.98 Å². The second-order valence-electron chi connectivity index (χ2n) is 7.77. The molecule has 25 heavy (non-hydrogen) atoms. The lowest BCUT2D eigenvalue weighted by atomic mass is 9.95. The van der Waals surface area contributed by atoms with Gasteiger partial charge >= 0.3 is 0 Å². The van der Waals surface area contributed by atoms with Crippen LogP contribution in [0.15, 0.2) is 18.2 Å². The molecule has 1 atom stereocenters. The Morgan fingerprint density at radius 3 is 2.80 bits per heavy atom. The van der Waals surface area contributed by atoms with Gasteiger partial charge in [0.1, 0.15) is 11.5 Å². The Kier molecular flexibility index (Phi) is 5.59. The fourth-order valence-electron chi connectivity index (χ4n) is 3.53. The van der Waals surface area contributed by atoms with Gasteiger partial charge in [0.2, 0.25) is 0 Å². The molecule has 1 amide bonds. The minimum Gasteiger partial charge on any atom is -0.371 e. The molecule has 0 saturated carbocycles. The van der Waals surface area contributed by atoms with E-state index in [2.05, 4.69) is 41.0 Å². The number of hydrogen-bond acceptors (Lipinski definition) is 5. The molecule has 1 unspecified atom stereocenters. The Labute approximate surface area is 150 Å². The van der Waals surface area contributed by atoms with E-state index in [1.165, 1.54) is 0 Å². The standard InChI is InChI=1S/C19H30N4O2/c1-19(2)9-5-6-15(25-19)14-20-18(24)16-7-4-8-17(21-16)23-12-10-22(3)11-13-23/h4,7-8,15H,5-6,9-14H2,1-3H3,(H,20,24). The minimum atomic E-state index is -0.122. The molecule has 2 aliphatic rings. The van der Waals surface area contributed by atoms with Crippen LogP contribution in [0.25, 0.3) is 0 Å². The van der Waals surface area contributed by atoms with Crippen molar-refractivity contribution in [1.29, 1.82) is 0 Å². The van der Waals surface area contributed by atoms with Crippen molar-refractivity contribution in [2.75, 3.05) is 44.7 Å². The molecule has 6 nitrogen and oxygen atoms in total. The van der Waals surface area contributed by atoms with Crippen molar-refractivity contribution < 1.29 is 9.53 Å². The van der Waals surface area contributed by atoms with Gasteiger partial charge < -0.3 is 19.9 Å². The molecule has 0 spiro atoms. The van der Waals surface area contributed by atoms with Crippen LogP contribution in [0.2, 0.25) is 0 Å². The number of ether oxygens (including phenoxy) is 1. The summed E-state index contributed by atoms with van der Waals surface area (Å²) < 4.78 is 6.04. The predicted molar refractivity (Wildman–Crippen MR) is 99.1 cm³/mol. The number of carbonyl (C=O) groups excluding carboxylic acids is 1. The molecule has 6 heteroatoms. The molecule has 0 aromatic carbocycles. The Morgan fingerprint density at radius 2 is 2.08 bits per heavy atom. The molecule has 0 aliphatic carbocycles. The summed E-state index contributed by atoms with van der Waals surface area (Å²) in [5.74, 6) is 0.763. The van der Waals surface area contributed by atoms with Gasteiger partial charge in [-0.3, -0.25) is 4.79 Å². The van der Waals surface area contributed by atoms with Crippen molar-refractivity contribution in [2.45, 2.75) is 44.8 Å². The van der Waals surface area contributed by atoms with Crippen LogP contribution in [-0.4, -0.2) is 67.3 Å². The molecule has 2 fully saturated rings. The number of hydrogen-bond donors (Lipinski definition) is 1. The topological polar surface area (TPSA) is 57.7 Å². The van der Waals surface area contributed by atoms with E-state index in [0.29, 0.717) is 12.2 Å². The first kappa shape index (κ1) is 18.1. The van der Waals surface area contributed by atoms with Crippen LogP contribution >= 0.6 is 0 Å². The summed E-state index contributed by atoms with van der Waals surface area (Å²) in [6, 6.07) is 5.67. The van der Waals surface area contributed by atoms with Gasteiger partial charge in [-0.05, 0) is 52.3 Å². The highest BCUT2D eigenvalue weighted by atomic mass is 16.5. The number of carbonyl (C=O) groups is 1. The van der Waals surface area contributed by atoms with E-state index in [9.17, 15) is 4.79 Å². The second-order valence-corrected chi connectivity index (χ2v) is 7.77. The molecule has 1 aromatic rings. The fraction of sp³-hybridized carbons (Fsp3) is 0.684. The van der Waals surface area contributed by atoms with E-state index in [1.807, 2.05) is 12.1 Å². The van der Waals surface area contributed by atoms with Crippen LogP contribution in [0.1, 0.15) is 43.6 Å². The first-order chi connectivity index (χ1) is 11.9. The number of likely N-dealkylation sites (N-methyl/N-ethyl adjacent to an activating group) is 1. The highest BCUT2D eigenvalue weighted by molar-refractivity contribution is 5.92. The van der Waals surface area contributed by atoms with Gasteiger partial charge in [0.15, 0.2) is 0 Å². The normalized spacial score (nSPS) is 24.1. The van der Waals surface area contributed by atoms with Gasteiger partial charge in [-0.2, -0.15) is 0 Å². The average Bonchev–Trinajstić information content (AvgIpc) is 2.59. The summed E-state index contributed by atoms with van der Waals surface area (Å²) in [4.78, 5) is 21.6. The van der Waals surface area contributed by atoms with Crippen LogP contribution in [0, 0.1) is 0 Å². The zero-order valence-electron chi connectivity index (χ0n) is 15.6. The molecule has 3 heterocycles. The summed E-state index contributed by atoms with van der Waals surface area (Å²) in [7, 11) is 2.13. The third kappa shape index (κ3) is 4.92. The van der Waals surface area contributed by atoms with E-state index in [4.69, 9.17) is 4.74 Å². The molecule has 138 valence electrons. The predicted octanol–water partition coefficient (Wildman–Crippen LogP) is 1.91. The zero-order valence-corrected chi connectivity index (χ0v) is 15.6. The Morgan fingerprint density at radius 1 is 1.32 bits per heavy atom. The summed E-state index contributed by atoms with van der Waals surface area (Å²) in [5, 5.41) is 2.99. The smallest absolute Gasteiger partial charge is 0.270 e. The van der Waals surface area contributed by atoms with Crippen LogP contribution in [0.3, 0.4) is 0 Å². The van der Waals surface area contributed by atoms with Gasteiger partial charge in [0, 0.05) is 32.7 Å². The van der Waals surface area contributed by atoms with Crippen LogP contribution in [0.5, 0.6) is 0 Å². The lowest BCUT2D eigenvalue weighted by Crippen LogP contribution is -2.45. The highest BCUT2D eigenvalue weighted by Crippen LogP contribution is 2.27. The van der Waals surface area contributed by atoms with E-state index in [1.54, 1.807) is 6.07 Å². The summed E-state index contributed by atoms with van der Waals surface area (Å²) in [6.45, 7) is 8.70. The molecule has 0 radical (unpaired) electrons. The van der Waals surface area contributed by atoms with Crippen LogP contribution in [0.4, 0.5) is 5.82 Å². The largest absolute Gasteiger partial charge is 0.371 e. The Balaban J connectivity index is 1.56.